The van der Waals surface area contributed by atoms with Gasteiger partial charge >= 0.3 is 5.97 Å². The van der Waals surface area contributed by atoms with Crippen molar-refractivity contribution < 1.29 is 14.3 Å². The third-order valence-corrected chi connectivity index (χ3v) is 2.59. The first-order valence-corrected chi connectivity index (χ1v) is 5.66. The molecule has 2 rings (SSSR count). The van der Waals surface area contributed by atoms with Gasteiger partial charge in [-0.15, -0.1) is 5.10 Å². The van der Waals surface area contributed by atoms with Crippen LogP contribution in [0, 0.1) is 5.82 Å². The molecule has 0 aliphatic carbocycles. The predicted octanol–water partition coefficient (Wildman–Crippen LogP) is 0.420. The number of nitrogens with zero attached hydrogens (tertiary/aromatic N) is 3. The number of hydrogen-bond acceptors (Lipinski definition) is 4. The third kappa shape index (κ3) is 3.59. The molecule has 2 aromatic rings. The average Bonchev–Trinajstić information content (AvgIpc) is 2.79. The van der Waals surface area contributed by atoms with E-state index >= 15 is 0 Å². The van der Waals surface area contributed by atoms with E-state index in [4.69, 9.17) is 10.8 Å². The van der Waals surface area contributed by atoms with Gasteiger partial charge in [-0.2, -0.15) is 0 Å². The van der Waals surface area contributed by atoms with Gasteiger partial charge in [-0.25, -0.2) is 9.07 Å². The molecule has 0 aliphatic rings. The average molecular weight is 264 g/mol. The fourth-order valence-electron chi connectivity index (χ4n) is 1.60. The summed E-state index contributed by atoms with van der Waals surface area (Å²) < 4.78 is 14.3. The first kappa shape index (κ1) is 13.2. The second kappa shape index (κ2) is 5.57. The number of hydrogen-bond donors (Lipinski definition) is 2. The molecule has 1 unspecified atom stereocenters. The highest BCUT2D eigenvalue weighted by Gasteiger charge is 2.14. The molecule has 0 radical (unpaired) electrons. The van der Waals surface area contributed by atoms with Crippen molar-refractivity contribution >= 4 is 5.97 Å². The summed E-state index contributed by atoms with van der Waals surface area (Å²) in [5.41, 5.74) is 6.80. The van der Waals surface area contributed by atoms with Gasteiger partial charge in [0.1, 0.15) is 11.9 Å². The molecule has 1 aromatic heterocycles. The van der Waals surface area contributed by atoms with Crippen LogP contribution in [-0.2, 0) is 17.8 Å². The van der Waals surface area contributed by atoms with E-state index < -0.39 is 12.0 Å². The Labute approximate surface area is 108 Å². The van der Waals surface area contributed by atoms with Crippen molar-refractivity contribution in [2.24, 2.45) is 5.73 Å². The Bertz CT molecular complexity index is 567. The van der Waals surface area contributed by atoms with E-state index in [-0.39, 0.29) is 12.2 Å². The van der Waals surface area contributed by atoms with Crippen LogP contribution in [-0.4, -0.2) is 32.1 Å². The molecule has 1 heterocycles. The zero-order valence-electron chi connectivity index (χ0n) is 10.0. The Balaban J connectivity index is 2.01. The van der Waals surface area contributed by atoms with Crippen LogP contribution >= 0.6 is 0 Å². The molecule has 6 nitrogen and oxygen atoms in total. The molecule has 0 aliphatic heterocycles. The highest BCUT2D eigenvalue weighted by molar-refractivity contribution is 5.73. The van der Waals surface area contributed by atoms with Gasteiger partial charge in [0.2, 0.25) is 0 Å². The molecule has 0 saturated carbocycles. The van der Waals surface area contributed by atoms with Crippen molar-refractivity contribution in [3.63, 3.8) is 0 Å². The minimum Gasteiger partial charge on any atom is -0.480 e. The predicted molar refractivity (Wildman–Crippen MR) is 64.8 cm³/mol. The molecule has 0 spiro atoms. The smallest absolute Gasteiger partial charge is 0.320 e. The Hall–Kier alpha value is -2.28. The summed E-state index contributed by atoms with van der Waals surface area (Å²) in [6.45, 7) is 0.440. The lowest BCUT2D eigenvalue weighted by Crippen LogP contribution is -2.32. The van der Waals surface area contributed by atoms with E-state index in [1.54, 1.807) is 23.0 Å². The monoisotopic (exact) mass is 264 g/mol. The molecule has 7 heteroatoms. The fourth-order valence-corrected chi connectivity index (χ4v) is 1.60. The van der Waals surface area contributed by atoms with Gasteiger partial charge in [-0.05, 0) is 17.7 Å². The first-order chi connectivity index (χ1) is 9.04. The Morgan fingerprint density at radius 1 is 1.42 bits per heavy atom. The van der Waals surface area contributed by atoms with E-state index in [9.17, 15) is 9.18 Å². The Morgan fingerprint density at radius 3 is 2.74 bits per heavy atom. The Kier molecular flexibility index (Phi) is 3.86. The summed E-state index contributed by atoms with van der Waals surface area (Å²) in [5.74, 6) is -1.37. The zero-order valence-corrected chi connectivity index (χ0v) is 10.0. The van der Waals surface area contributed by atoms with Crippen LogP contribution in [0.4, 0.5) is 4.39 Å². The standard InChI is InChI=1S/C12H13FN4O2/c13-9-3-1-8(2-4-9)6-17-7-10(15-16-17)5-11(14)12(18)19/h1-4,7,11H,5-6,14H2,(H,18,19). The van der Waals surface area contributed by atoms with E-state index in [1.165, 1.54) is 12.1 Å². The van der Waals surface area contributed by atoms with Crippen LogP contribution < -0.4 is 5.73 Å². The summed E-state index contributed by atoms with van der Waals surface area (Å²) in [6.07, 6.45) is 1.75. The van der Waals surface area contributed by atoms with Crippen molar-refractivity contribution in [1.29, 1.82) is 0 Å². The number of aromatic nitrogens is 3. The first-order valence-electron chi connectivity index (χ1n) is 5.66. The van der Waals surface area contributed by atoms with E-state index in [2.05, 4.69) is 10.3 Å². The number of halogens is 1. The highest BCUT2D eigenvalue weighted by atomic mass is 19.1. The number of nitrogens with two attached hydrogens (primary N) is 1. The number of carboxylic acids is 1. The molecule has 0 fully saturated rings. The van der Waals surface area contributed by atoms with Gasteiger partial charge in [0.15, 0.2) is 0 Å². The van der Waals surface area contributed by atoms with Gasteiger partial charge in [0.05, 0.1) is 12.2 Å². The van der Waals surface area contributed by atoms with Crippen molar-refractivity contribution in [3.05, 3.63) is 47.5 Å². The van der Waals surface area contributed by atoms with Crippen LogP contribution in [0.2, 0.25) is 0 Å². The normalized spacial score (nSPS) is 12.3. The summed E-state index contributed by atoms with van der Waals surface area (Å²) >= 11 is 0. The van der Waals surface area contributed by atoms with Crippen LogP contribution in [0.5, 0.6) is 0 Å². The van der Waals surface area contributed by atoms with E-state index in [0.29, 0.717) is 12.2 Å². The van der Waals surface area contributed by atoms with Crippen LogP contribution in [0.1, 0.15) is 11.3 Å². The largest absolute Gasteiger partial charge is 0.480 e. The molecule has 1 atom stereocenters. The number of rotatable bonds is 5. The number of carbonyl (C=O) groups is 1. The molecular weight excluding hydrogens is 251 g/mol. The lowest BCUT2D eigenvalue weighted by Gasteiger charge is -2.02. The van der Waals surface area contributed by atoms with Crippen molar-refractivity contribution in [2.75, 3.05) is 0 Å². The zero-order chi connectivity index (χ0) is 13.8. The molecule has 3 N–H and O–H groups in total. The summed E-state index contributed by atoms with van der Waals surface area (Å²) in [5, 5.41) is 16.4. The van der Waals surface area contributed by atoms with Gasteiger partial charge in [0.25, 0.3) is 0 Å². The maximum atomic E-state index is 12.7. The SMILES string of the molecule is NC(Cc1cn(Cc2ccc(F)cc2)nn1)C(=O)O. The maximum absolute atomic E-state index is 12.7. The number of aliphatic carboxylic acids is 1. The molecular formula is C12H13FN4O2. The van der Waals surface area contributed by atoms with Gasteiger partial charge < -0.3 is 10.8 Å². The van der Waals surface area contributed by atoms with Crippen LogP contribution in [0.25, 0.3) is 0 Å². The second-order valence-corrected chi connectivity index (χ2v) is 4.18. The molecule has 100 valence electrons. The number of benzene rings is 1. The van der Waals surface area contributed by atoms with Crippen LogP contribution in [0.15, 0.2) is 30.5 Å². The van der Waals surface area contributed by atoms with Gasteiger partial charge in [-0.3, -0.25) is 4.79 Å². The van der Waals surface area contributed by atoms with Crippen molar-refractivity contribution in [2.45, 2.75) is 19.0 Å². The van der Waals surface area contributed by atoms with Crippen molar-refractivity contribution in [1.82, 2.24) is 15.0 Å². The second-order valence-electron chi connectivity index (χ2n) is 4.18. The third-order valence-electron chi connectivity index (χ3n) is 2.59. The summed E-state index contributed by atoms with van der Waals surface area (Å²) in [6, 6.07) is 5.05. The van der Waals surface area contributed by atoms with Crippen LogP contribution in [0.3, 0.4) is 0 Å². The molecule has 0 saturated heterocycles. The topological polar surface area (TPSA) is 94.0 Å². The van der Waals surface area contributed by atoms with Crippen molar-refractivity contribution in [3.8, 4) is 0 Å². The fraction of sp³-hybridized carbons (Fsp3) is 0.250. The summed E-state index contributed by atoms with van der Waals surface area (Å²) in [7, 11) is 0. The molecule has 1 aromatic carbocycles. The van der Waals surface area contributed by atoms with Gasteiger partial charge in [0, 0.05) is 12.6 Å². The molecule has 19 heavy (non-hydrogen) atoms. The molecule has 0 amide bonds. The number of carboxylic acid groups (broad SMARTS) is 1. The lowest BCUT2D eigenvalue weighted by molar-refractivity contribution is -0.138. The molecule has 0 bridgehead atoms. The maximum Gasteiger partial charge on any atom is 0.320 e. The highest BCUT2D eigenvalue weighted by Crippen LogP contribution is 2.05. The van der Waals surface area contributed by atoms with E-state index in [0.717, 1.165) is 5.56 Å². The lowest BCUT2D eigenvalue weighted by atomic mass is 10.2. The minimum absolute atomic E-state index is 0.124. The minimum atomic E-state index is -1.08. The summed E-state index contributed by atoms with van der Waals surface area (Å²) in [4.78, 5) is 10.6. The Morgan fingerprint density at radius 2 is 2.11 bits per heavy atom. The quantitative estimate of drug-likeness (QED) is 0.816. The van der Waals surface area contributed by atoms with Gasteiger partial charge in [-0.1, -0.05) is 17.3 Å². The van der Waals surface area contributed by atoms with E-state index in [1.807, 2.05) is 0 Å².